The highest BCUT2D eigenvalue weighted by molar-refractivity contribution is 5.45. The van der Waals surface area contributed by atoms with Crippen molar-refractivity contribution in [1.29, 1.82) is 0 Å². The minimum absolute atomic E-state index is 0.141. The Hall–Kier alpha value is -3.21. The third-order valence-electron chi connectivity index (χ3n) is 5.90. The molecule has 0 bridgehead atoms. The van der Waals surface area contributed by atoms with E-state index >= 15 is 0 Å². The lowest BCUT2D eigenvalue weighted by Gasteiger charge is -2.37. The molecule has 0 heterocycles. The van der Waals surface area contributed by atoms with E-state index < -0.39 is 60.5 Å². The van der Waals surface area contributed by atoms with E-state index in [9.17, 15) is 44.6 Å². The summed E-state index contributed by atoms with van der Waals surface area (Å²) in [5.41, 5.74) is -1.15. The molecule has 0 aliphatic heterocycles. The van der Waals surface area contributed by atoms with E-state index in [2.05, 4.69) is 4.74 Å². The highest BCUT2D eigenvalue weighted by Crippen LogP contribution is 2.43. The zero-order chi connectivity index (χ0) is 27.4. The lowest BCUT2D eigenvalue weighted by atomic mass is 9.67. The van der Waals surface area contributed by atoms with Crippen LogP contribution >= 0.6 is 0 Å². The fraction of sp³-hybridized carbons (Fsp3) is 0.308. The Morgan fingerprint density at radius 2 is 1.38 bits per heavy atom. The molecule has 1 N–H and O–H groups in total. The molecule has 0 aliphatic rings. The molecular formula is C26H21F9O2. The SMILES string of the molecule is O[C@H](CC[C@](Cc1ccccc1)(c1ccc(F)cc1)c1cc(F)cc(OC(F)(F)C(F)F)c1)C(F)(F)F. The quantitative estimate of drug-likeness (QED) is 0.273. The summed E-state index contributed by atoms with van der Waals surface area (Å²) < 4.78 is 125. The van der Waals surface area contributed by atoms with E-state index in [0.717, 1.165) is 24.3 Å². The maximum atomic E-state index is 14.6. The van der Waals surface area contributed by atoms with Crippen molar-refractivity contribution < 1.29 is 49.4 Å². The summed E-state index contributed by atoms with van der Waals surface area (Å²) >= 11 is 0. The molecular weight excluding hydrogens is 515 g/mol. The third-order valence-corrected chi connectivity index (χ3v) is 5.90. The van der Waals surface area contributed by atoms with Gasteiger partial charge in [0, 0.05) is 11.5 Å². The van der Waals surface area contributed by atoms with Crippen LogP contribution in [0.3, 0.4) is 0 Å². The van der Waals surface area contributed by atoms with Crippen molar-refractivity contribution in [3.63, 3.8) is 0 Å². The number of hydrogen-bond acceptors (Lipinski definition) is 2. The molecule has 0 fully saturated rings. The van der Waals surface area contributed by atoms with Crippen molar-refractivity contribution in [3.05, 3.63) is 101 Å². The van der Waals surface area contributed by atoms with Gasteiger partial charge in [0.05, 0.1) is 0 Å². The lowest BCUT2D eigenvalue weighted by molar-refractivity contribution is -0.253. The maximum absolute atomic E-state index is 14.6. The minimum atomic E-state index is -4.99. The van der Waals surface area contributed by atoms with Crippen LogP contribution in [0.1, 0.15) is 29.5 Å². The number of halogens is 9. The van der Waals surface area contributed by atoms with Gasteiger partial charge < -0.3 is 9.84 Å². The molecule has 0 aromatic heterocycles. The number of rotatable bonds is 10. The molecule has 11 heteroatoms. The van der Waals surface area contributed by atoms with Crippen LogP contribution in [-0.2, 0) is 11.8 Å². The van der Waals surface area contributed by atoms with E-state index in [0.29, 0.717) is 11.6 Å². The second-order valence-corrected chi connectivity index (χ2v) is 8.49. The Balaban J connectivity index is 2.23. The second-order valence-electron chi connectivity index (χ2n) is 8.49. The zero-order valence-electron chi connectivity index (χ0n) is 19.0. The Morgan fingerprint density at radius 1 is 0.757 bits per heavy atom. The first-order chi connectivity index (χ1) is 17.2. The summed E-state index contributed by atoms with van der Waals surface area (Å²) in [5, 5.41) is 9.71. The van der Waals surface area contributed by atoms with Gasteiger partial charge in [-0.25, -0.2) is 8.78 Å². The number of hydrogen-bond donors (Lipinski definition) is 1. The molecule has 37 heavy (non-hydrogen) atoms. The number of alkyl halides is 7. The molecule has 200 valence electrons. The predicted molar refractivity (Wildman–Crippen MR) is 117 cm³/mol. The van der Waals surface area contributed by atoms with Crippen LogP contribution in [0, 0.1) is 11.6 Å². The number of benzene rings is 3. The van der Waals surface area contributed by atoms with E-state index in [4.69, 9.17) is 0 Å². The van der Waals surface area contributed by atoms with E-state index in [1.165, 1.54) is 12.1 Å². The molecule has 2 atom stereocenters. The lowest BCUT2D eigenvalue weighted by Crippen LogP contribution is -2.36. The normalized spacial score (nSPS) is 14.9. The van der Waals surface area contributed by atoms with Crippen molar-refractivity contribution in [1.82, 2.24) is 0 Å². The van der Waals surface area contributed by atoms with Crippen molar-refractivity contribution in [3.8, 4) is 5.75 Å². The molecule has 0 radical (unpaired) electrons. The molecule has 0 saturated carbocycles. The summed E-state index contributed by atoms with van der Waals surface area (Å²) in [7, 11) is 0. The van der Waals surface area contributed by atoms with Crippen LogP contribution in [0.5, 0.6) is 5.75 Å². The molecule has 0 aliphatic carbocycles. The summed E-state index contributed by atoms with van der Waals surface area (Å²) in [6.45, 7) is 0. The number of aliphatic hydroxyl groups is 1. The van der Waals surface area contributed by atoms with Gasteiger partial charge >= 0.3 is 18.7 Å². The molecule has 0 amide bonds. The minimum Gasteiger partial charge on any atom is -0.428 e. The molecule has 3 aromatic carbocycles. The van der Waals surface area contributed by atoms with Crippen LogP contribution in [0.15, 0.2) is 72.8 Å². The standard InChI is InChI=1S/C26H21F9O2/c27-19-8-6-17(7-9-19)24(11-10-22(36)25(31,32)33,15-16-4-2-1-3-5-16)18-12-20(28)14-21(13-18)37-26(34,35)23(29)30/h1-9,12-14,22-23,36H,10-11,15H2/t22-,24+/m1/s1. The van der Waals surface area contributed by atoms with E-state index in [-0.39, 0.29) is 17.5 Å². The van der Waals surface area contributed by atoms with Crippen molar-refractivity contribution in [2.45, 2.75) is 49.5 Å². The average Bonchev–Trinajstić information content (AvgIpc) is 2.81. The first kappa shape index (κ1) is 28.4. The van der Waals surface area contributed by atoms with Crippen LogP contribution in [0.4, 0.5) is 39.5 Å². The van der Waals surface area contributed by atoms with Gasteiger partial charge in [-0.15, -0.1) is 0 Å². The third kappa shape index (κ3) is 6.97. The van der Waals surface area contributed by atoms with Gasteiger partial charge in [0.2, 0.25) is 0 Å². The smallest absolute Gasteiger partial charge is 0.428 e. The van der Waals surface area contributed by atoms with Gasteiger partial charge in [-0.3, -0.25) is 0 Å². The Kier molecular flexibility index (Phi) is 8.46. The Labute approximate surface area is 206 Å². The van der Waals surface area contributed by atoms with Crippen LogP contribution in [-0.4, -0.2) is 29.9 Å². The maximum Gasteiger partial charge on any atom is 0.461 e. The summed E-state index contributed by atoms with van der Waals surface area (Å²) in [4.78, 5) is 0. The predicted octanol–water partition coefficient (Wildman–Crippen LogP) is 7.43. The molecule has 0 saturated heterocycles. The second kappa shape index (κ2) is 11.0. The highest BCUT2D eigenvalue weighted by Gasteiger charge is 2.45. The first-order valence-corrected chi connectivity index (χ1v) is 10.9. The van der Waals surface area contributed by atoms with Gasteiger partial charge in [0.1, 0.15) is 23.5 Å². The van der Waals surface area contributed by atoms with Crippen LogP contribution in [0.2, 0.25) is 0 Å². The topological polar surface area (TPSA) is 29.5 Å². The van der Waals surface area contributed by atoms with Gasteiger partial charge in [0.25, 0.3) is 0 Å². The molecule has 0 unspecified atom stereocenters. The monoisotopic (exact) mass is 536 g/mol. The van der Waals surface area contributed by atoms with Crippen LogP contribution < -0.4 is 4.74 Å². The largest absolute Gasteiger partial charge is 0.461 e. The number of ether oxygens (including phenoxy) is 1. The summed E-state index contributed by atoms with van der Waals surface area (Å²) in [5.74, 6) is -2.86. The van der Waals surface area contributed by atoms with E-state index in [1.54, 1.807) is 30.3 Å². The first-order valence-electron chi connectivity index (χ1n) is 10.9. The fourth-order valence-electron chi connectivity index (χ4n) is 4.11. The van der Waals surface area contributed by atoms with Gasteiger partial charge in [0.15, 0.2) is 0 Å². The average molecular weight is 536 g/mol. The van der Waals surface area contributed by atoms with E-state index in [1.807, 2.05) is 0 Å². The molecule has 2 nitrogen and oxygen atoms in total. The van der Waals surface area contributed by atoms with Gasteiger partial charge in [-0.2, -0.15) is 30.7 Å². The Bertz CT molecular complexity index is 1160. The fourth-order valence-corrected chi connectivity index (χ4v) is 4.11. The van der Waals surface area contributed by atoms with Gasteiger partial charge in [-0.05, 0) is 60.2 Å². The van der Waals surface area contributed by atoms with Crippen molar-refractivity contribution in [2.24, 2.45) is 0 Å². The highest BCUT2D eigenvalue weighted by atomic mass is 19.4. The zero-order valence-corrected chi connectivity index (χ0v) is 19.0. The number of aliphatic hydroxyl groups excluding tert-OH is 1. The Morgan fingerprint density at radius 3 is 1.95 bits per heavy atom. The summed E-state index contributed by atoms with van der Waals surface area (Å²) in [6.07, 6.45) is -18.5. The molecule has 0 spiro atoms. The van der Waals surface area contributed by atoms with Crippen molar-refractivity contribution in [2.75, 3.05) is 0 Å². The van der Waals surface area contributed by atoms with Crippen LogP contribution in [0.25, 0.3) is 0 Å². The summed E-state index contributed by atoms with van der Waals surface area (Å²) in [6, 6.07) is 14.7. The molecule has 3 aromatic rings. The van der Waals surface area contributed by atoms with Gasteiger partial charge in [-0.1, -0.05) is 42.5 Å². The van der Waals surface area contributed by atoms with Crippen molar-refractivity contribution >= 4 is 0 Å². The molecule has 3 rings (SSSR count).